The molecule has 3 rings (SSSR count). The van der Waals surface area contributed by atoms with Crippen molar-refractivity contribution in [1.82, 2.24) is 4.57 Å². The first-order chi connectivity index (χ1) is 9.69. The van der Waals surface area contributed by atoms with E-state index in [2.05, 4.69) is 4.57 Å². The molecule has 0 radical (unpaired) electrons. The second-order valence-corrected chi connectivity index (χ2v) is 5.54. The van der Waals surface area contributed by atoms with E-state index < -0.39 is 0 Å². The molecule has 20 heavy (non-hydrogen) atoms. The average Bonchev–Trinajstić information content (AvgIpc) is 2.79. The third-order valence-electron chi connectivity index (χ3n) is 3.40. The summed E-state index contributed by atoms with van der Waals surface area (Å²) >= 11 is 12.3. The summed E-state index contributed by atoms with van der Waals surface area (Å²) in [5.41, 5.74) is 2.93. The van der Waals surface area contributed by atoms with Gasteiger partial charge in [-0.15, -0.1) is 0 Å². The Morgan fingerprint density at radius 2 is 1.80 bits per heavy atom. The number of nitrogens with zero attached hydrogens (tertiary/aromatic N) is 1. The Hall–Kier alpha value is -1.48. The van der Waals surface area contributed by atoms with Gasteiger partial charge in [0.05, 0.1) is 12.1 Å². The van der Waals surface area contributed by atoms with Crippen LogP contribution in [0.5, 0.6) is 0 Å². The fraction of sp³-hybridized carbons (Fsp3) is 0.125. The lowest BCUT2D eigenvalue weighted by Crippen LogP contribution is -1.98. The standard InChI is InChI=1S/C16H13Cl2NO/c17-13-5-6-14-12(10-20)9-19(16(14)7-13)8-11-3-1-2-4-15(11)18/h1-7,9,20H,8,10H2. The zero-order chi connectivity index (χ0) is 14.1. The first-order valence-corrected chi connectivity index (χ1v) is 7.06. The second-order valence-electron chi connectivity index (χ2n) is 4.69. The maximum atomic E-state index is 9.47. The van der Waals surface area contributed by atoms with Gasteiger partial charge < -0.3 is 9.67 Å². The molecule has 0 aliphatic heterocycles. The molecule has 0 spiro atoms. The lowest BCUT2D eigenvalue weighted by Gasteiger charge is -2.07. The summed E-state index contributed by atoms with van der Waals surface area (Å²) in [5, 5.41) is 11.9. The monoisotopic (exact) mass is 305 g/mol. The predicted molar refractivity (Wildman–Crippen MR) is 83.4 cm³/mol. The molecule has 3 aromatic rings. The summed E-state index contributed by atoms with van der Waals surface area (Å²) in [6.45, 7) is 0.657. The highest BCUT2D eigenvalue weighted by Crippen LogP contribution is 2.27. The molecule has 0 fully saturated rings. The van der Waals surface area contributed by atoms with Gasteiger partial charge in [-0.3, -0.25) is 0 Å². The Balaban J connectivity index is 2.12. The average molecular weight is 306 g/mol. The molecule has 0 bridgehead atoms. The highest BCUT2D eigenvalue weighted by molar-refractivity contribution is 6.31. The van der Waals surface area contributed by atoms with Gasteiger partial charge in [-0.2, -0.15) is 0 Å². The largest absolute Gasteiger partial charge is 0.392 e. The van der Waals surface area contributed by atoms with Gasteiger partial charge in [0.1, 0.15) is 0 Å². The molecule has 0 saturated carbocycles. The molecule has 102 valence electrons. The third kappa shape index (κ3) is 2.42. The van der Waals surface area contributed by atoms with E-state index >= 15 is 0 Å². The van der Waals surface area contributed by atoms with E-state index in [1.165, 1.54) is 0 Å². The molecule has 4 heteroatoms. The first kappa shape index (κ1) is 13.5. The van der Waals surface area contributed by atoms with Crippen LogP contribution in [0.3, 0.4) is 0 Å². The van der Waals surface area contributed by atoms with Crippen LogP contribution in [0, 0.1) is 0 Å². The number of aromatic nitrogens is 1. The van der Waals surface area contributed by atoms with Gasteiger partial charge in [-0.25, -0.2) is 0 Å². The van der Waals surface area contributed by atoms with E-state index in [0.717, 1.165) is 27.1 Å². The number of halogens is 2. The van der Waals surface area contributed by atoms with Gasteiger partial charge in [0.25, 0.3) is 0 Å². The Kier molecular flexibility index (Phi) is 3.70. The fourth-order valence-corrected chi connectivity index (χ4v) is 2.77. The number of hydrogen-bond donors (Lipinski definition) is 1. The third-order valence-corrected chi connectivity index (χ3v) is 4.00. The molecule has 0 amide bonds. The molecule has 2 aromatic carbocycles. The van der Waals surface area contributed by atoms with Crippen molar-refractivity contribution in [3.8, 4) is 0 Å². The van der Waals surface area contributed by atoms with Crippen molar-refractivity contribution in [2.24, 2.45) is 0 Å². The van der Waals surface area contributed by atoms with Gasteiger partial charge in [0, 0.05) is 33.7 Å². The van der Waals surface area contributed by atoms with Crippen LogP contribution in [-0.2, 0) is 13.2 Å². The lowest BCUT2D eigenvalue weighted by atomic mass is 10.2. The Morgan fingerprint density at radius 1 is 1.00 bits per heavy atom. The summed E-state index contributed by atoms with van der Waals surface area (Å²) in [6, 6.07) is 13.4. The number of fused-ring (bicyclic) bond motifs is 1. The van der Waals surface area contributed by atoms with E-state index in [0.29, 0.717) is 11.6 Å². The fourth-order valence-electron chi connectivity index (χ4n) is 2.41. The van der Waals surface area contributed by atoms with Crippen LogP contribution < -0.4 is 0 Å². The zero-order valence-corrected chi connectivity index (χ0v) is 12.2. The summed E-state index contributed by atoms with van der Waals surface area (Å²) in [4.78, 5) is 0. The van der Waals surface area contributed by atoms with Gasteiger partial charge >= 0.3 is 0 Å². The molecule has 0 atom stereocenters. The second kappa shape index (κ2) is 5.49. The van der Waals surface area contributed by atoms with E-state index in [4.69, 9.17) is 23.2 Å². The number of aliphatic hydroxyl groups is 1. The van der Waals surface area contributed by atoms with Crippen LogP contribution in [0.25, 0.3) is 10.9 Å². The van der Waals surface area contributed by atoms with Gasteiger partial charge in [-0.05, 0) is 23.8 Å². The van der Waals surface area contributed by atoms with E-state index in [1.54, 1.807) is 0 Å². The number of rotatable bonds is 3. The minimum atomic E-state index is 0.00759. The van der Waals surface area contributed by atoms with Crippen molar-refractivity contribution in [1.29, 1.82) is 0 Å². The molecule has 1 aromatic heterocycles. The molecule has 1 N–H and O–H groups in total. The molecular formula is C16H13Cl2NO. The maximum Gasteiger partial charge on any atom is 0.0702 e. The number of aliphatic hydroxyl groups excluding tert-OH is 1. The van der Waals surface area contributed by atoms with Crippen LogP contribution in [0.1, 0.15) is 11.1 Å². The molecule has 0 aliphatic rings. The van der Waals surface area contributed by atoms with Crippen molar-refractivity contribution < 1.29 is 5.11 Å². The molecule has 2 nitrogen and oxygen atoms in total. The van der Waals surface area contributed by atoms with Gasteiger partial charge in [0.2, 0.25) is 0 Å². The van der Waals surface area contributed by atoms with Gasteiger partial charge in [0.15, 0.2) is 0 Å². The number of benzene rings is 2. The van der Waals surface area contributed by atoms with E-state index in [-0.39, 0.29) is 6.61 Å². The summed E-state index contributed by atoms with van der Waals surface area (Å²) in [7, 11) is 0. The zero-order valence-electron chi connectivity index (χ0n) is 10.7. The van der Waals surface area contributed by atoms with Crippen molar-refractivity contribution in [2.45, 2.75) is 13.2 Å². The normalized spacial score (nSPS) is 11.2. The minimum absolute atomic E-state index is 0.00759. The molecular weight excluding hydrogens is 293 g/mol. The van der Waals surface area contributed by atoms with Crippen molar-refractivity contribution in [2.75, 3.05) is 0 Å². The Morgan fingerprint density at radius 3 is 2.55 bits per heavy atom. The number of hydrogen-bond acceptors (Lipinski definition) is 1. The first-order valence-electron chi connectivity index (χ1n) is 6.30. The smallest absolute Gasteiger partial charge is 0.0702 e. The molecule has 1 heterocycles. The van der Waals surface area contributed by atoms with E-state index in [9.17, 15) is 5.11 Å². The highest BCUT2D eigenvalue weighted by Gasteiger charge is 2.09. The van der Waals surface area contributed by atoms with Crippen molar-refractivity contribution in [3.05, 3.63) is 69.8 Å². The molecule has 0 saturated heterocycles. The summed E-state index contributed by atoms with van der Waals surface area (Å²) in [6.07, 6.45) is 1.95. The Bertz CT molecular complexity index is 764. The Labute approximate surface area is 127 Å². The van der Waals surface area contributed by atoms with Gasteiger partial charge in [-0.1, -0.05) is 47.5 Å². The van der Waals surface area contributed by atoms with Crippen LogP contribution in [0.2, 0.25) is 10.0 Å². The quantitative estimate of drug-likeness (QED) is 0.758. The predicted octanol–water partition coefficient (Wildman–Crippen LogP) is 4.49. The molecule has 0 aliphatic carbocycles. The summed E-state index contributed by atoms with van der Waals surface area (Å²) in [5.74, 6) is 0. The van der Waals surface area contributed by atoms with Crippen molar-refractivity contribution in [3.63, 3.8) is 0 Å². The van der Waals surface area contributed by atoms with Crippen LogP contribution in [0.15, 0.2) is 48.7 Å². The van der Waals surface area contributed by atoms with Crippen LogP contribution >= 0.6 is 23.2 Å². The topological polar surface area (TPSA) is 25.2 Å². The van der Waals surface area contributed by atoms with Crippen molar-refractivity contribution >= 4 is 34.1 Å². The maximum absolute atomic E-state index is 9.47. The SMILES string of the molecule is OCc1cn(Cc2ccccc2Cl)c2cc(Cl)ccc12. The van der Waals surface area contributed by atoms with Crippen LogP contribution in [0.4, 0.5) is 0 Å². The summed E-state index contributed by atoms with van der Waals surface area (Å²) < 4.78 is 2.06. The van der Waals surface area contributed by atoms with Crippen LogP contribution in [-0.4, -0.2) is 9.67 Å². The van der Waals surface area contributed by atoms with E-state index in [1.807, 2.05) is 48.7 Å². The molecule has 0 unspecified atom stereocenters. The minimum Gasteiger partial charge on any atom is -0.392 e. The highest BCUT2D eigenvalue weighted by atomic mass is 35.5. The lowest BCUT2D eigenvalue weighted by molar-refractivity contribution is 0.283.